The van der Waals surface area contributed by atoms with Gasteiger partial charge in [-0.15, -0.1) is 11.8 Å². The monoisotopic (exact) mass is 706 g/mol. The molecule has 0 radical (unpaired) electrons. The molecule has 220 valence electrons. The van der Waals surface area contributed by atoms with Crippen LogP contribution in [0.4, 0.5) is 5.82 Å². The molecule has 1 aliphatic rings. The fourth-order valence-corrected chi connectivity index (χ4v) is 8.68. The number of rotatable bonds is 9. The zero-order valence-corrected chi connectivity index (χ0v) is 30.5. The number of alkyl halides is 1. The molecule has 1 saturated heterocycles. The molecule has 39 heavy (non-hydrogen) atoms. The lowest BCUT2D eigenvalue weighted by atomic mass is 9.89. The Morgan fingerprint density at radius 3 is 2.31 bits per heavy atom. The van der Waals surface area contributed by atoms with Crippen LogP contribution in [0.3, 0.4) is 0 Å². The number of hydrogen-bond donors (Lipinski definition) is 3. The molecular weight excluding hydrogens is 659 g/mol. The maximum atomic E-state index is 13.4. The lowest BCUT2D eigenvalue weighted by molar-refractivity contribution is -0.122. The normalized spacial score (nSPS) is 23.7. The van der Waals surface area contributed by atoms with Gasteiger partial charge >= 0.3 is 0 Å². The molecule has 0 bridgehead atoms. The van der Waals surface area contributed by atoms with Crippen LogP contribution in [-0.2, 0) is 9.22 Å². The van der Waals surface area contributed by atoms with E-state index in [0.717, 1.165) is 11.5 Å². The minimum Gasteiger partial charge on any atom is -0.432 e. The van der Waals surface area contributed by atoms with Crippen LogP contribution >= 0.6 is 34.4 Å². The van der Waals surface area contributed by atoms with Crippen LogP contribution in [0.15, 0.2) is 6.33 Å². The molecule has 5 atom stereocenters. The van der Waals surface area contributed by atoms with E-state index in [1.54, 1.807) is 18.8 Å². The van der Waals surface area contributed by atoms with Crippen LogP contribution in [0, 0.1) is 5.92 Å². The lowest BCUT2D eigenvalue weighted by Gasteiger charge is -2.44. The molecule has 1 amide bonds. The standard InChI is InChI=1S/C26H47IN6O3SSi2/c1-15(27)20-31-21(28-7)17-22(32-20)33(14-30-17)24-16(13-26(5,6)38(9,10)35)18(19(37-24)23(34)29-8)36-39(11,12)25(2,3)4/h14-16,18-19,24,35H,13H2,1-12H3,(H,29,34)(H,28,31,32). The van der Waals surface area contributed by atoms with Gasteiger partial charge in [-0.1, -0.05) is 57.2 Å². The van der Waals surface area contributed by atoms with E-state index in [0.29, 0.717) is 17.8 Å². The maximum Gasteiger partial charge on any atom is 0.235 e. The van der Waals surface area contributed by atoms with Crippen LogP contribution in [0.1, 0.15) is 63.1 Å². The Balaban J connectivity index is 2.25. The second-order valence-corrected chi connectivity index (χ2v) is 25.7. The molecule has 0 aliphatic carbocycles. The van der Waals surface area contributed by atoms with Gasteiger partial charge in [-0.2, -0.15) is 0 Å². The molecule has 2 aromatic rings. The SMILES string of the molecule is CNC(=O)C1SC(n2cnc3c(NC)nc(C(C)I)nc32)C(CC(C)(C)[Si](C)(C)O)C1O[Si](C)(C)C(C)(C)C. The van der Waals surface area contributed by atoms with Gasteiger partial charge < -0.3 is 24.4 Å². The zero-order valence-electron chi connectivity index (χ0n) is 25.5. The van der Waals surface area contributed by atoms with Crippen molar-refractivity contribution >= 4 is 73.9 Å². The van der Waals surface area contributed by atoms with Crippen LogP contribution in [0.5, 0.6) is 0 Å². The summed E-state index contributed by atoms with van der Waals surface area (Å²) in [7, 11) is -1.27. The molecule has 3 N–H and O–H groups in total. The molecular formula is C26H47IN6O3SSi2. The molecule has 2 aromatic heterocycles. The quantitative estimate of drug-likeness (QED) is 0.163. The number of aromatic nitrogens is 4. The number of carbonyl (C=O) groups excluding carboxylic acids is 1. The minimum atomic E-state index is -2.56. The van der Waals surface area contributed by atoms with Gasteiger partial charge in [0.2, 0.25) is 5.91 Å². The maximum absolute atomic E-state index is 13.4. The third-order valence-electron chi connectivity index (χ3n) is 8.82. The van der Waals surface area contributed by atoms with E-state index in [1.807, 2.05) is 26.5 Å². The van der Waals surface area contributed by atoms with Crippen molar-refractivity contribution in [1.29, 1.82) is 0 Å². The van der Waals surface area contributed by atoms with Crippen LogP contribution in [0.25, 0.3) is 11.2 Å². The summed E-state index contributed by atoms with van der Waals surface area (Å²) in [5, 5.41) is 5.19. The molecule has 0 spiro atoms. The van der Waals surface area contributed by atoms with Gasteiger partial charge in [0.1, 0.15) is 16.6 Å². The Bertz CT molecular complexity index is 1190. The minimum absolute atomic E-state index is 0.0178. The number of hydrogen-bond acceptors (Lipinski definition) is 8. The Morgan fingerprint density at radius 2 is 1.82 bits per heavy atom. The van der Waals surface area contributed by atoms with Gasteiger partial charge in [0.25, 0.3) is 0 Å². The molecule has 13 heteroatoms. The molecule has 0 aromatic carbocycles. The number of anilines is 1. The van der Waals surface area contributed by atoms with E-state index < -0.39 is 21.9 Å². The second-order valence-electron chi connectivity index (χ2n) is 13.3. The third kappa shape index (κ3) is 6.52. The lowest BCUT2D eigenvalue weighted by Crippen LogP contribution is -2.51. The van der Waals surface area contributed by atoms with E-state index in [4.69, 9.17) is 19.4 Å². The number of amides is 1. The molecule has 1 fully saturated rings. The Kier molecular flexibility index (Phi) is 9.66. The van der Waals surface area contributed by atoms with Crippen LogP contribution in [-0.4, -0.2) is 72.3 Å². The summed E-state index contributed by atoms with van der Waals surface area (Å²) >= 11 is 3.95. The highest BCUT2D eigenvalue weighted by Crippen LogP contribution is 2.56. The van der Waals surface area contributed by atoms with Crippen molar-refractivity contribution in [1.82, 2.24) is 24.8 Å². The largest absolute Gasteiger partial charge is 0.432 e. The predicted octanol–water partition coefficient (Wildman–Crippen LogP) is 6.10. The number of carbonyl (C=O) groups is 1. The number of fused-ring (bicyclic) bond motifs is 1. The Morgan fingerprint density at radius 1 is 1.21 bits per heavy atom. The first-order chi connectivity index (χ1) is 17.8. The number of thioether (sulfide) groups is 1. The van der Waals surface area contributed by atoms with E-state index in [9.17, 15) is 9.59 Å². The fourth-order valence-electron chi connectivity index (χ4n) is 4.53. The predicted molar refractivity (Wildman–Crippen MR) is 176 cm³/mol. The summed E-state index contributed by atoms with van der Waals surface area (Å²) in [4.78, 5) is 39.1. The van der Waals surface area contributed by atoms with E-state index in [-0.39, 0.29) is 37.3 Å². The average molecular weight is 707 g/mol. The topological polar surface area (TPSA) is 114 Å². The summed E-state index contributed by atoms with van der Waals surface area (Å²) in [5.74, 6) is 1.34. The van der Waals surface area contributed by atoms with E-state index >= 15 is 0 Å². The molecule has 3 heterocycles. The molecule has 9 nitrogen and oxygen atoms in total. The number of nitrogens with one attached hydrogen (secondary N) is 2. The molecule has 5 unspecified atom stereocenters. The second kappa shape index (κ2) is 11.5. The average Bonchev–Trinajstić information content (AvgIpc) is 3.37. The van der Waals surface area contributed by atoms with Crippen molar-refractivity contribution in [3.63, 3.8) is 0 Å². The Hall–Kier alpha value is -0.746. The van der Waals surface area contributed by atoms with Crippen molar-refractivity contribution in [2.75, 3.05) is 19.4 Å². The van der Waals surface area contributed by atoms with Gasteiger partial charge in [0.05, 0.1) is 21.7 Å². The van der Waals surface area contributed by atoms with Crippen molar-refractivity contribution in [2.45, 2.75) is 105 Å². The molecule has 1 aliphatic heterocycles. The number of nitrogens with zero attached hydrogens (tertiary/aromatic N) is 4. The Labute approximate surface area is 253 Å². The highest BCUT2D eigenvalue weighted by molar-refractivity contribution is 14.1. The molecule has 3 rings (SSSR count). The van der Waals surface area contributed by atoms with Crippen LogP contribution in [0.2, 0.25) is 36.3 Å². The van der Waals surface area contributed by atoms with Crippen LogP contribution < -0.4 is 10.6 Å². The van der Waals surface area contributed by atoms with Crippen molar-refractivity contribution in [3.8, 4) is 0 Å². The van der Waals surface area contributed by atoms with Crippen molar-refractivity contribution in [3.05, 3.63) is 12.2 Å². The summed E-state index contributed by atoms with van der Waals surface area (Å²) in [5.41, 5.74) is 1.45. The summed E-state index contributed by atoms with van der Waals surface area (Å²) in [6.07, 6.45) is 2.23. The third-order valence-corrected chi connectivity index (χ3v) is 19.0. The van der Waals surface area contributed by atoms with Crippen molar-refractivity contribution in [2.24, 2.45) is 5.92 Å². The smallest absolute Gasteiger partial charge is 0.235 e. The fraction of sp³-hybridized carbons (Fsp3) is 0.769. The summed E-state index contributed by atoms with van der Waals surface area (Å²) in [6.45, 7) is 21.5. The molecule has 0 saturated carbocycles. The first-order valence-corrected chi connectivity index (χ1v) is 21.6. The number of halogens is 1. The summed E-state index contributed by atoms with van der Waals surface area (Å²) in [6, 6.07) is 0. The zero-order chi connectivity index (χ0) is 29.7. The highest BCUT2D eigenvalue weighted by atomic mass is 127. The number of imidazole rings is 1. The van der Waals surface area contributed by atoms with Crippen molar-refractivity contribution < 1.29 is 14.0 Å². The summed E-state index contributed by atoms with van der Waals surface area (Å²) < 4.78 is 9.36. The van der Waals surface area contributed by atoms with Gasteiger partial charge in [-0.25, -0.2) is 15.0 Å². The van der Waals surface area contributed by atoms with Gasteiger partial charge in [-0.05, 0) is 49.6 Å². The van der Waals surface area contributed by atoms with E-state index in [1.165, 1.54) is 0 Å². The van der Waals surface area contributed by atoms with Gasteiger partial charge in [-0.3, -0.25) is 4.79 Å². The van der Waals surface area contributed by atoms with Gasteiger partial charge in [0.15, 0.2) is 28.1 Å². The first kappa shape index (κ1) is 32.8. The van der Waals surface area contributed by atoms with E-state index in [2.05, 4.69) is 92.4 Å². The van der Waals surface area contributed by atoms with Gasteiger partial charge in [0, 0.05) is 20.0 Å². The first-order valence-electron chi connectivity index (χ1n) is 13.6. The highest BCUT2D eigenvalue weighted by Gasteiger charge is 2.55.